The fourth-order valence-electron chi connectivity index (χ4n) is 3.98. The molecule has 2 rings (SSSR count). The van der Waals surface area contributed by atoms with E-state index in [-0.39, 0.29) is 0 Å². The van der Waals surface area contributed by atoms with Gasteiger partial charge in [-0.15, -0.1) is 0 Å². The largest absolute Gasteiger partial charge is 0.385 e. The van der Waals surface area contributed by atoms with Gasteiger partial charge in [0.2, 0.25) is 5.91 Å². The third kappa shape index (κ3) is 4.43. The van der Waals surface area contributed by atoms with Gasteiger partial charge >= 0.3 is 0 Å². The molecule has 0 aromatic carbocycles. The summed E-state index contributed by atoms with van der Waals surface area (Å²) in [7, 11) is 1.76. The van der Waals surface area contributed by atoms with Crippen LogP contribution in [0.1, 0.15) is 52.4 Å². The lowest BCUT2D eigenvalue weighted by atomic mass is 9.88. The van der Waals surface area contributed by atoms with Crippen LogP contribution in [0.4, 0.5) is 0 Å². The lowest BCUT2D eigenvalue weighted by Gasteiger charge is -2.45. The lowest BCUT2D eigenvalue weighted by molar-refractivity contribution is -0.141. The molecule has 1 amide bonds. The van der Waals surface area contributed by atoms with Gasteiger partial charge in [0.1, 0.15) is 0 Å². The summed E-state index contributed by atoms with van der Waals surface area (Å²) in [5.41, 5.74) is 0. The van der Waals surface area contributed by atoms with Gasteiger partial charge in [0.25, 0.3) is 0 Å². The maximum absolute atomic E-state index is 12.7. The Morgan fingerprint density at radius 3 is 2.29 bits per heavy atom. The average Bonchev–Trinajstić information content (AvgIpc) is 2.50. The van der Waals surface area contributed by atoms with Crippen molar-refractivity contribution in [1.29, 1.82) is 0 Å². The topological polar surface area (TPSA) is 32.8 Å². The van der Waals surface area contributed by atoms with E-state index in [1.165, 1.54) is 19.3 Å². The molecule has 0 aromatic heterocycles. The predicted octanol–water partition coefficient (Wildman–Crippen LogP) is 2.52. The van der Waals surface area contributed by atoms with Crippen LogP contribution in [0.15, 0.2) is 0 Å². The number of ether oxygens (including phenoxy) is 1. The van der Waals surface area contributed by atoms with Gasteiger partial charge in [-0.1, -0.05) is 19.3 Å². The first-order valence-electron chi connectivity index (χ1n) is 8.67. The highest BCUT2D eigenvalue weighted by Gasteiger charge is 2.34. The molecule has 122 valence electrons. The first-order valence-corrected chi connectivity index (χ1v) is 8.67. The number of piperazine rings is 1. The Kier molecular flexibility index (Phi) is 6.49. The Labute approximate surface area is 129 Å². The minimum absolute atomic E-state index is 0.304. The molecule has 4 heteroatoms. The quantitative estimate of drug-likeness (QED) is 0.731. The minimum Gasteiger partial charge on any atom is -0.385 e. The second kappa shape index (κ2) is 8.14. The van der Waals surface area contributed by atoms with E-state index in [2.05, 4.69) is 23.6 Å². The summed E-state index contributed by atoms with van der Waals surface area (Å²) in [5.74, 6) is 0.725. The first-order chi connectivity index (χ1) is 10.1. The first kappa shape index (κ1) is 16.8. The number of amides is 1. The van der Waals surface area contributed by atoms with Gasteiger partial charge in [0.15, 0.2) is 0 Å². The number of hydrogen-bond acceptors (Lipinski definition) is 3. The summed E-state index contributed by atoms with van der Waals surface area (Å²) in [6.45, 7) is 8.19. The second-order valence-corrected chi connectivity index (χ2v) is 6.86. The van der Waals surface area contributed by atoms with E-state index in [1.807, 2.05) is 0 Å². The minimum atomic E-state index is 0.304. The molecule has 0 radical (unpaired) electrons. The zero-order chi connectivity index (χ0) is 15.2. The van der Waals surface area contributed by atoms with E-state index in [4.69, 9.17) is 4.74 Å². The van der Waals surface area contributed by atoms with Gasteiger partial charge in [-0.2, -0.15) is 0 Å². The van der Waals surface area contributed by atoms with Crippen LogP contribution in [0.5, 0.6) is 0 Å². The molecular formula is C17H32N2O2. The standard InChI is InChI=1S/C17H32N2O2/c1-14-12-18(17(20)16-8-5-4-6-9-16)13-15(2)19(14)10-7-11-21-3/h14-16H,4-13H2,1-3H3. The van der Waals surface area contributed by atoms with E-state index in [1.54, 1.807) is 7.11 Å². The van der Waals surface area contributed by atoms with Crippen LogP contribution in [0, 0.1) is 5.92 Å². The van der Waals surface area contributed by atoms with Crippen LogP contribution in [-0.4, -0.2) is 61.1 Å². The third-order valence-corrected chi connectivity index (χ3v) is 5.13. The monoisotopic (exact) mass is 296 g/mol. The molecule has 1 aliphatic heterocycles. The van der Waals surface area contributed by atoms with Crippen LogP contribution in [0.25, 0.3) is 0 Å². The number of carbonyl (C=O) groups is 1. The summed E-state index contributed by atoms with van der Waals surface area (Å²) in [5, 5.41) is 0. The summed E-state index contributed by atoms with van der Waals surface area (Å²) >= 11 is 0. The van der Waals surface area contributed by atoms with Crippen molar-refractivity contribution in [2.45, 2.75) is 64.5 Å². The van der Waals surface area contributed by atoms with Crippen LogP contribution in [0.2, 0.25) is 0 Å². The number of hydrogen-bond donors (Lipinski definition) is 0. The van der Waals surface area contributed by atoms with Crippen molar-refractivity contribution < 1.29 is 9.53 Å². The van der Waals surface area contributed by atoms with Gasteiger partial charge < -0.3 is 9.64 Å². The third-order valence-electron chi connectivity index (χ3n) is 5.13. The van der Waals surface area contributed by atoms with Crippen molar-refractivity contribution in [2.24, 2.45) is 5.92 Å². The van der Waals surface area contributed by atoms with E-state index in [0.29, 0.717) is 23.9 Å². The molecule has 21 heavy (non-hydrogen) atoms. The van der Waals surface area contributed by atoms with Crippen molar-refractivity contribution in [2.75, 3.05) is 33.4 Å². The van der Waals surface area contributed by atoms with Crippen molar-refractivity contribution in [3.8, 4) is 0 Å². The fraction of sp³-hybridized carbons (Fsp3) is 0.941. The number of methoxy groups -OCH3 is 1. The van der Waals surface area contributed by atoms with Gasteiger partial charge in [-0.3, -0.25) is 9.69 Å². The van der Waals surface area contributed by atoms with E-state index in [9.17, 15) is 4.79 Å². The van der Waals surface area contributed by atoms with Crippen LogP contribution in [-0.2, 0) is 9.53 Å². The number of rotatable bonds is 5. The molecule has 2 unspecified atom stereocenters. The fourth-order valence-corrected chi connectivity index (χ4v) is 3.98. The highest BCUT2D eigenvalue weighted by atomic mass is 16.5. The SMILES string of the molecule is COCCCN1C(C)CN(C(=O)C2CCCCC2)CC1C. The van der Waals surface area contributed by atoms with Crippen LogP contribution in [0.3, 0.4) is 0 Å². The summed E-state index contributed by atoms with van der Waals surface area (Å²) in [6.07, 6.45) is 7.06. The Morgan fingerprint density at radius 2 is 1.71 bits per heavy atom. The van der Waals surface area contributed by atoms with Gasteiger partial charge in [0, 0.05) is 51.4 Å². The van der Waals surface area contributed by atoms with E-state index in [0.717, 1.165) is 45.5 Å². The zero-order valence-corrected chi connectivity index (χ0v) is 14.0. The van der Waals surface area contributed by atoms with Crippen LogP contribution < -0.4 is 0 Å². The maximum Gasteiger partial charge on any atom is 0.225 e. The molecular weight excluding hydrogens is 264 g/mol. The molecule has 0 bridgehead atoms. The average molecular weight is 296 g/mol. The van der Waals surface area contributed by atoms with Crippen molar-refractivity contribution in [1.82, 2.24) is 9.80 Å². The predicted molar refractivity (Wildman–Crippen MR) is 85.3 cm³/mol. The maximum atomic E-state index is 12.7. The summed E-state index contributed by atoms with van der Waals surface area (Å²) in [6, 6.07) is 0.913. The Hall–Kier alpha value is -0.610. The molecule has 1 saturated heterocycles. The normalized spacial score (nSPS) is 28.8. The molecule has 1 heterocycles. The van der Waals surface area contributed by atoms with Gasteiger partial charge in [-0.25, -0.2) is 0 Å². The Balaban J connectivity index is 1.86. The van der Waals surface area contributed by atoms with Crippen molar-refractivity contribution >= 4 is 5.91 Å². The van der Waals surface area contributed by atoms with Crippen molar-refractivity contribution in [3.05, 3.63) is 0 Å². The molecule has 4 nitrogen and oxygen atoms in total. The molecule has 2 atom stereocenters. The molecule has 0 aromatic rings. The number of nitrogens with zero attached hydrogens (tertiary/aromatic N) is 2. The molecule has 0 spiro atoms. The molecule has 2 aliphatic rings. The van der Waals surface area contributed by atoms with E-state index < -0.39 is 0 Å². The lowest BCUT2D eigenvalue weighted by Crippen LogP contribution is -2.59. The highest BCUT2D eigenvalue weighted by molar-refractivity contribution is 5.79. The van der Waals surface area contributed by atoms with Gasteiger partial charge in [-0.05, 0) is 33.1 Å². The van der Waals surface area contributed by atoms with E-state index >= 15 is 0 Å². The summed E-state index contributed by atoms with van der Waals surface area (Å²) < 4.78 is 5.15. The Bertz CT molecular complexity index is 317. The zero-order valence-electron chi connectivity index (χ0n) is 14.0. The molecule has 2 fully saturated rings. The summed E-state index contributed by atoms with van der Waals surface area (Å²) in [4.78, 5) is 17.4. The molecule has 1 aliphatic carbocycles. The Morgan fingerprint density at radius 1 is 1.10 bits per heavy atom. The highest BCUT2D eigenvalue weighted by Crippen LogP contribution is 2.27. The molecule has 1 saturated carbocycles. The van der Waals surface area contributed by atoms with Gasteiger partial charge in [0.05, 0.1) is 0 Å². The smallest absolute Gasteiger partial charge is 0.225 e. The second-order valence-electron chi connectivity index (χ2n) is 6.86. The van der Waals surface area contributed by atoms with Crippen molar-refractivity contribution in [3.63, 3.8) is 0 Å². The van der Waals surface area contributed by atoms with Crippen LogP contribution >= 0.6 is 0 Å². The number of carbonyl (C=O) groups excluding carboxylic acids is 1. The molecule has 0 N–H and O–H groups in total.